The number of nitrogens with zero attached hydrogens (tertiary/aromatic N) is 1. The Balaban J connectivity index is 1.62. The number of furan rings is 1. The van der Waals surface area contributed by atoms with Crippen molar-refractivity contribution in [3.05, 3.63) is 60.1 Å². The fraction of sp³-hybridized carbons (Fsp3) is 0.500. The third-order valence-corrected chi connectivity index (χ3v) is 4.69. The van der Waals surface area contributed by atoms with Crippen molar-refractivity contribution >= 4 is 5.91 Å². The minimum Gasteiger partial charge on any atom is -0.468 e. The van der Waals surface area contributed by atoms with Crippen LogP contribution in [0.5, 0.6) is 0 Å². The minimum atomic E-state index is 0.0605. The molecule has 0 aliphatic rings. The average molecular weight is 373 g/mol. The summed E-state index contributed by atoms with van der Waals surface area (Å²) < 4.78 is 11.2. The largest absolute Gasteiger partial charge is 0.468 e. The molecule has 148 valence electrons. The van der Waals surface area contributed by atoms with Crippen LogP contribution in [0.25, 0.3) is 0 Å². The second-order valence-electron chi connectivity index (χ2n) is 6.51. The van der Waals surface area contributed by atoms with Crippen LogP contribution < -0.4 is 5.32 Å². The zero-order valence-electron chi connectivity index (χ0n) is 16.5. The zero-order valence-corrected chi connectivity index (χ0v) is 16.5. The summed E-state index contributed by atoms with van der Waals surface area (Å²) in [5, 5.41) is 3.04. The molecule has 0 fully saturated rings. The number of likely N-dealkylation sites (N-methyl/N-ethyl adjacent to an activating group) is 1. The van der Waals surface area contributed by atoms with E-state index in [2.05, 4.69) is 36.2 Å². The number of benzene rings is 1. The highest BCUT2D eigenvalue weighted by Gasteiger charge is 2.21. The summed E-state index contributed by atoms with van der Waals surface area (Å²) in [6.07, 6.45) is 3.80. The third kappa shape index (κ3) is 7.57. The van der Waals surface area contributed by atoms with Gasteiger partial charge in [0, 0.05) is 19.6 Å². The van der Waals surface area contributed by atoms with Gasteiger partial charge in [0.25, 0.3) is 0 Å². The summed E-state index contributed by atoms with van der Waals surface area (Å²) in [5.41, 5.74) is 1.27. The summed E-state index contributed by atoms with van der Waals surface area (Å²) in [5.74, 6) is 0.952. The fourth-order valence-corrected chi connectivity index (χ4v) is 3.13. The maximum atomic E-state index is 12.2. The Morgan fingerprint density at radius 2 is 1.89 bits per heavy atom. The molecule has 1 aromatic heterocycles. The first-order valence-corrected chi connectivity index (χ1v) is 9.90. The highest BCUT2D eigenvalue weighted by molar-refractivity contribution is 5.75. The number of carbonyl (C=O) groups is 1. The first-order valence-electron chi connectivity index (χ1n) is 9.90. The molecule has 5 nitrogen and oxygen atoms in total. The summed E-state index contributed by atoms with van der Waals surface area (Å²) in [7, 11) is 0. The van der Waals surface area contributed by atoms with Crippen LogP contribution in [0.1, 0.15) is 44.1 Å². The Kier molecular flexibility index (Phi) is 9.66. The van der Waals surface area contributed by atoms with Gasteiger partial charge in [-0.3, -0.25) is 9.69 Å². The summed E-state index contributed by atoms with van der Waals surface area (Å²) in [4.78, 5) is 14.4. The van der Waals surface area contributed by atoms with Gasteiger partial charge in [0.1, 0.15) is 5.76 Å². The average Bonchev–Trinajstić information content (AvgIpc) is 3.23. The lowest BCUT2D eigenvalue weighted by atomic mass is 10.1. The highest BCUT2D eigenvalue weighted by atomic mass is 16.5. The SMILES string of the molecule is CCN(CC)C(CNC(=O)CCCOCCc1ccccc1)c1ccco1. The van der Waals surface area contributed by atoms with Gasteiger partial charge in [0.2, 0.25) is 5.91 Å². The third-order valence-electron chi connectivity index (χ3n) is 4.69. The van der Waals surface area contributed by atoms with Crippen molar-refractivity contribution in [3.63, 3.8) is 0 Å². The molecule has 5 heteroatoms. The zero-order chi connectivity index (χ0) is 19.3. The number of rotatable bonds is 13. The van der Waals surface area contributed by atoms with Gasteiger partial charge in [-0.2, -0.15) is 0 Å². The molecule has 0 bridgehead atoms. The van der Waals surface area contributed by atoms with E-state index >= 15 is 0 Å². The van der Waals surface area contributed by atoms with Gasteiger partial charge in [-0.1, -0.05) is 44.2 Å². The predicted molar refractivity (Wildman–Crippen MR) is 108 cm³/mol. The molecular formula is C22H32N2O3. The monoisotopic (exact) mass is 372 g/mol. The van der Waals surface area contributed by atoms with E-state index < -0.39 is 0 Å². The molecule has 2 aromatic rings. The van der Waals surface area contributed by atoms with E-state index in [1.54, 1.807) is 6.26 Å². The second-order valence-corrected chi connectivity index (χ2v) is 6.51. The van der Waals surface area contributed by atoms with E-state index in [9.17, 15) is 4.79 Å². The van der Waals surface area contributed by atoms with Crippen LogP contribution in [0.15, 0.2) is 53.1 Å². The lowest BCUT2D eigenvalue weighted by molar-refractivity contribution is -0.121. The Morgan fingerprint density at radius 1 is 1.11 bits per heavy atom. The molecule has 1 aromatic carbocycles. The van der Waals surface area contributed by atoms with Crippen molar-refractivity contribution in [3.8, 4) is 0 Å². The van der Waals surface area contributed by atoms with E-state index in [0.29, 0.717) is 26.2 Å². The molecule has 0 aliphatic carbocycles. The summed E-state index contributed by atoms with van der Waals surface area (Å²) >= 11 is 0. The lowest BCUT2D eigenvalue weighted by Crippen LogP contribution is -2.37. The van der Waals surface area contributed by atoms with Gasteiger partial charge in [-0.25, -0.2) is 0 Å². The van der Waals surface area contributed by atoms with Crippen molar-refractivity contribution < 1.29 is 13.9 Å². The van der Waals surface area contributed by atoms with E-state index in [1.165, 1.54) is 5.56 Å². The summed E-state index contributed by atoms with van der Waals surface area (Å²) in [6.45, 7) is 7.91. The van der Waals surface area contributed by atoms with Crippen molar-refractivity contribution in [1.82, 2.24) is 10.2 Å². The normalized spacial score (nSPS) is 12.3. The molecule has 0 aliphatic heterocycles. The molecule has 0 saturated heterocycles. The smallest absolute Gasteiger partial charge is 0.220 e. The van der Waals surface area contributed by atoms with Gasteiger partial charge in [-0.05, 0) is 43.6 Å². The maximum Gasteiger partial charge on any atom is 0.220 e. The minimum absolute atomic E-state index is 0.0605. The maximum absolute atomic E-state index is 12.2. The van der Waals surface area contributed by atoms with Crippen molar-refractivity contribution in [2.45, 2.75) is 39.2 Å². The molecule has 1 amide bonds. The van der Waals surface area contributed by atoms with Crippen LogP contribution in [-0.2, 0) is 16.0 Å². The number of hydrogen-bond acceptors (Lipinski definition) is 4. The van der Waals surface area contributed by atoms with Crippen LogP contribution >= 0.6 is 0 Å². The standard InChI is InChI=1S/C22H32N2O3/c1-3-24(4-2)20(21-12-8-16-27-21)18-23-22(25)13-9-15-26-17-14-19-10-6-5-7-11-19/h5-8,10-12,16,20H,3-4,9,13-15,17-18H2,1-2H3,(H,23,25). The van der Waals surface area contributed by atoms with E-state index in [4.69, 9.17) is 9.15 Å². The number of ether oxygens (including phenoxy) is 1. The fourth-order valence-electron chi connectivity index (χ4n) is 3.13. The number of carbonyl (C=O) groups excluding carboxylic acids is 1. The van der Waals surface area contributed by atoms with Gasteiger partial charge < -0.3 is 14.5 Å². The molecule has 0 radical (unpaired) electrons. The van der Waals surface area contributed by atoms with Crippen molar-refractivity contribution in [2.24, 2.45) is 0 Å². The number of amides is 1. The Morgan fingerprint density at radius 3 is 2.56 bits per heavy atom. The van der Waals surface area contributed by atoms with E-state index in [-0.39, 0.29) is 11.9 Å². The molecule has 1 atom stereocenters. The molecule has 27 heavy (non-hydrogen) atoms. The molecule has 1 unspecified atom stereocenters. The Bertz CT molecular complexity index is 624. The molecule has 0 saturated carbocycles. The number of hydrogen-bond donors (Lipinski definition) is 1. The van der Waals surface area contributed by atoms with Crippen molar-refractivity contribution in [1.29, 1.82) is 0 Å². The van der Waals surface area contributed by atoms with Crippen LogP contribution in [0, 0.1) is 0 Å². The van der Waals surface area contributed by atoms with Gasteiger partial charge in [0.05, 0.1) is 18.9 Å². The van der Waals surface area contributed by atoms with Crippen molar-refractivity contribution in [2.75, 3.05) is 32.8 Å². The van der Waals surface area contributed by atoms with Gasteiger partial charge in [-0.15, -0.1) is 0 Å². The number of nitrogens with one attached hydrogen (secondary N) is 1. The summed E-state index contributed by atoms with van der Waals surface area (Å²) in [6, 6.07) is 14.2. The lowest BCUT2D eigenvalue weighted by Gasteiger charge is -2.28. The first-order chi connectivity index (χ1) is 13.2. The highest BCUT2D eigenvalue weighted by Crippen LogP contribution is 2.20. The molecule has 2 rings (SSSR count). The van der Waals surface area contributed by atoms with Crippen LogP contribution in [0.3, 0.4) is 0 Å². The molecular weight excluding hydrogens is 340 g/mol. The van der Waals surface area contributed by atoms with Gasteiger partial charge >= 0.3 is 0 Å². The second kappa shape index (κ2) is 12.3. The first kappa shape index (κ1) is 21.2. The van der Waals surface area contributed by atoms with Crippen LogP contribution in [0.2, 0.25) is 0 Å². The van der Waals surface area contributed by atoms with Crippen LogP contribution in [0.4, 0.5) is 0 Å². The molecule has 1 N–H and O–H groups in total. The Labute approximate surface area is 162 Å². The van der Waals surface area contributed by atoms with Gasteiger partial charge in [0.15, 0.2) is 0 Å². The quantitative estimate of drug-likeness (QED) is 0.543. The van der Waals surface area contributed by atoms with E-state index in [1.807, 2.05) is 30.3 Å². The topological polar surface area (TPSA) is 54.7 Å². The van der Waals surface area contributed by atoms with E-state index in [0.717, 1.165) is 31.7 Å². The predicted octanol–water partition coefficient (Wildman–Crippen LogP) is 3.82. The molecule has 0 spiro atoms. The molecule has 1 heterocycles. The Hall–Kier alpha value is -2.11. The van der Waals surface area contributed by atoms with Crippen LogP contribution in [-0.4, -0.2) is 43.7 Å².